The Bertz CT molecular complexity index is 1000. The van der Waals surface area contributed by atoms with E-state index in [1.54, 1.807) is 11.8 Å². The molecule has 3 rings (SSSR count). The van der Waals surface area contributed by atoms with Crippen LogP contribution in [-0.2, 0) is 11.3 Å². The topological polar surface area (TPSA) is 86.2 Å². The average Bonchev–Trinajstić information content (AvgIpc) is 3.01. The van der Waals surface area contributed by atoms with E-state index in [0.29, 0.717) is 23.3 Å². The second kappa shape index (κ2) is 7.03. The molecule has 1 N–H and O–H groups in total. The summed E-state index contributed by atoms with van der Waals surface area (Å²) in [5.74, 6) is 0.246. The molecule has 0 unspecified atom stereocenters. The molecule has 0 aliphatic rings. The van der Waals surface area contributed by atoms with Gasteiger partial charge in [-0.05, 0) is 23.6 Å². The molecule has 7 nitrogen and oxygen atoms in total. The van der Waals surface area contributed by atoms with Gasteiger partial charge in [-0.3, -0.25) is 4.79 Å². The van der Waals surface area contributed by atoms with Gasteiger partial charge in [-0.2, -0.15) is 5.10 Å². The lowest BCUT2D eigenvalue weighted by Crippen LogP contribution is -2.13. The van der Waals surface area contributed by atoms with E-state index in [1.165, 1.54) is 13.2 Å². The molecule has 0 saturated carbocycles. The summed E-state index contributed by atoms with van der Waals surface area (Å²) in [5, 5.41) is 5.12. The van der Waals surface area contributed by atoms with Crippen LogP contribution in [0.1, 0.15) is 41.5 Å². The van der Waals surface area contributed by atoms with Crippen molar-refractivity contribution in [3.05, 3.63) is 57.5 Å². The highest BCUT2D eigenvalue weighted by Gasteiger charge is 2.20. The number of nitrogens with one attached hydrogen (secondary N) is 1. The minimum absolute atomic E-state index is 0.0692. The Balaban J connectivity index is 2.14. The molecule has 0 radical (unpaired) electrons. The lowest BCUT2D eigenvalue weighted by Gasteiger charge is -2.06. The zero-order chi connectivity index (χ0) is 18.8. The molecule has 0 atom stereocenters. The second-order valence-corrected chi connectivity index (χ2v) is 6.31. The predicted molar refractivity (Wildman–Crippen MR) is 97.9 cm³/mol. The van der Waals surface area contributed by atoms with Gasteiger partial charge in [0.15, 0.2) is 5.43 Å². The highest BCUT2D eigenvalue weighted by atomic mass is 16.5. The van der Waals surface area contributed by atoms with Crippen LogP contribution in [0, 0.1) is 0 Å². The van der Waals surface area contributed by atoms with Gasteiger partial charge in [0.1, 0.15) is 17.1 Å². The molecule has 2 heterocycles. The quantitative estimate of drug-likeness (QED) is 0.711. The van der Waals surface area contributed by atoms with E-state index in [1.807, 2.05) is 38.1 Å². The Kier molecular flexibility index (Phi) is 4.79. The molecule has 0 amide bonds. The Labute approximate surface area is 150 Å². The fraction of sp³-hybridized carbons (Fsp3) is 0.316. The number of carbonyl (C=O) groups excluding carboxylic acids is 1. The van der Waals surface area contributed by atoms with Crippen molar-refractivity contribution < 1.29 is 14.3 Å². The summed E-state index contributed by atoms with van der Waals surface area (Å²) in [4.78, 5) is 27.5. The van der Waals surface area contributed by atoms with Crippen molar-refractivity contribution in [2.75, 3.05) is 14.2 Å². The summed E-state index contributed by atoms with van der Waals surface area (Å²) >= 11 is 0. The first-order valence-corrected chi connectivity index (χ1v) is 8.29. The normalized spacial score (nSPS) is 11.1. The molecule has 7 heteroatoms. The third-order valence-corrected chi connectivity index (χ3v) is 4.20. The van der Waals surface area contributed by atoms with Gasteiger partial charge in [-0.25, -0.2) is 9.48 Å². The number of methoxy groups -OCH3 is 2. The van der Waals surface area contributed by atoms with Gasteiger partial charge in [0.05, 0.1) is 31.8 Å². The SMILES string of the molecule is COC(=O)c1cc(=O)c2c(C(C)C)nn(Cc3ccc(OC)cc3)c2[nH]1. The number of benzene rings is 1. The molecule has 1 aromatic carbocycles. The van der Waals surface area contributed by atoms with Crippen molar-refractivity contribution in [3.8, 4) is 5.75 Å². The lowest BCUT2D eigenvalue weighted by atomic mass is 10.1. The summed E-state index contributed by atoms with van der Waals surface area (Å²) in [7, 11) is 2.89. The standard InChI is InChI=1S/C19H21N3O4/c1-11(2)17-16-15(23)9-14(19(24)26-4)20-18(16)22(21-17)10-12-5-7-13(25-3)8-6-12/h5-9,11H,10H2,1-4H3,(H,20,23). The number of hydrogen-bond donors (Lipinski definition) is 1. The summed E-state index contributed by atoms with van der Waals surface area (Å²) < 4.78 is 11.6. The minimum Gasteiger partial charge on any atom is -0.497 e. The van der Waals surface area contributed by atoms with Crippen LogP contribution in [0.2, 0.25) is 0 Å². The number of rotatable bonds is 5. The summed E-state index contributed by atoms with van der Waals surface area (Å²) in [6.45, 7) is 4.41. The number of pyridine rings is 1. The molecule has 0 aliphatic heterocycles. The Morgan fingerprint density at radius 2 is 1.92 bits per heavy atom. The molecule has 0 bridgehead atoms. The van der Waals surface area contributed by atoms with Gasteiger partial charge in [0.25, 0.3) is 0 Å². The zero-order valence-corrected chi connectivity index (χ0v) is 15.2. The Morgan fingerprint density at radius 3 is 2.50 bits per heavy atom. The maximum atomic E-state index is 12.6. The molecule has 0 aliphatic carbocycles. The third kappa shape index (κ3) is 3.20. The molecular formula is C19H21N3O4. The van der Waals surface area contributed by atoms with E-state index >= 15 is 0 Å². The van der Waals surface area contributed by atoms with Crippen molar-refractivity contribution in [1.82, 2.24) is 14.8 Å². The number of aromatic amines is 1. The highest BCUT2D eigenvalue weighted by molar-refractivity contribution is 5.90. The monoisotopic (exact) mass is 355 g/mol. The number of fused-ring (bicyclic) bond motifs is 1. The number of H-pyrrole nitrogens is 1. The van der Waals surface area contributed by atoms with Crippen LogP contribution < -0.4 is 10.2 Å². The highest BCUT2D eigenvalue weighted by Crippen LogP contribution is 2.22. The number of nitrogens with zero attached hydrogens (tertiary/aromatic N) is 2. The van der Waals surface area contributed by atoms with Gasteiger partial charge in [0.2, 0.25) is 0 Å². The van der Waals surface area contributed by atoms with E-state index in [9.17, 15) is 9.59 Å². The van der Waals surface area contributed by atoms with Gasteiger partial charge in [-0.15, -0.1) is 0 Å². The van der Waals surface area contributed by atoms with E-state index in [2.05, 4.69) is 10.1 Å². The maximum absolute atomic E-state index is 12.6. The fourth-order valence-electron chi connectivity index (χ4n) is 2.86. The molecular weight excluding hydrogens is 334 g/mol. The van der Waals surface area contributed by atoms with Gasteiger partial charge < -0.3 is 14.5 Å². The average molecular weight is 355 g/mol. The molecule has 0 fully saturated rings. The van der Waals surface area contributed by atoms with Crippen LogP contribution in [-0.4, -0.2) is 35.0 Å². The van der Waals surface area contributed by atoms with Crippen LogP contribution in [0.4, 0.5) is 0 Å². The number of esters is 1. The predicted octanol–water partition coefficient (Wildman–Crippen LogP) is 2.69. The second-order valence-electron chi connectivity index (χ2n) is 6.31. The van der Waals surface area contributed by atoms with Crippen LogP contribution in [0.3, 0.4) is 0 Å². The van der Waals surface area contributed by atoms with Crippen LogP contribution >= 0.6 is 0 Å². The number of carbonyl (C=O) groups is 1. The van der Waals surface area contributed by atoms with E-state index in [4.69, 9.17) is 9.47 Å². The Morgan fingerprint density at radius 1 is 1.23 bits per heavy atom. The first-order valence-electron chi connectivity index (χ1n) is 8.29. The summed E-state index contributed by atoms with van der Waals surface area (Å²) in [5.41, 5.74) is 2.07. The van der Waals surface area contributed by atoms with Crippen molar-refractivity contribution >= 4 is 17.0 Å². The van der Waals surface area contributed by atoms with Gasteiger partial charge in [0, 0.05) is 6.07 Å². The van der Waals surface area contributed by atoms with Crippen LogP contribution in [0.15, 0.2) is 35.1 Å². The first kappa shape index (κ1) is 17.7. The van der Waals surface area contributed by atoms with Gasteiger partial charge >= 0.3 is 5.97 Å². The minimum atomic E-state index is -0.590. The zero-order valence-electron chi connectivity index (χ0n) is 15.2. The third-order valence-electron chi connectivity index (χ3n) is 4.20. The van der Waals surface area contributed by atoms with Crippen molar-refractivity contribution in [3.63, 3.8) is 0 Å². The molecule has 0 spiro atoms. The fourth-order valence-corrected chi connectivity index (χ4v) is 2.86. The van der Waals surface area contributed by atoms with Crippen molar-refractivity contribution in [1.29, 1.82) is 0 Å². The summed E-state index contributed by atoms with van der Waals surface area (Å²) in [6.07, 6.45) is 0. The van der Waals surface area contributed by atoms with Crippen molar-refractivity contribution in [2.24, 2.45) is 0 Å². The molecule has 136 valence electrons. The van der Waals surface area contributed by atoms with Crippen LogP contribution in [0.25, 0.3) is 11.0 Å². The van der Waals surface area contributed by atoms with E-state index < -0.39 is 5.97 Å². The summed E-state index contributed by atoms with van der Waals surface area (Å²) in [6, 6.07) is 8.87. The number of aromatic nitrogens is 3. The number of hydrogen-bond acceptors (Lipinski definition) is 5. The smallest absolute Gasteiger partial charge is 0.354 e. The van der Waals surface area contributed by atoms with Gasteiger partial charge in [-0.1, -0.05) is 26.0 Å². The van der Waals surface area contributed by atoms with Crippen LogP contribution in [0.5, 0.6) is 5.75 Å². The first-order chi connectivity index (χ1) is 12.4. The largest absolute Gasteiger partial charge is 0.497 e. The number of ether oxygens (including phenoxy) is 2. The van der Waals surface area contributed by atoms with Crippen molar-refractivity contribution in [2.45, 2.75) is 26.3 Å². The molecule has 0 saturated heterocycles. The molecule has 26 heavy (non-hydrogen) atoms. The lowest BCUT2D eigenvalue weighted by molar-refractivity contribution is 0.0594. The molecule has 2 aromatic heterocycles. The maximum Gasteiger partial charge on any atom is 0.354 e. The van der Waals surface area contributed by atoms with E-state index in [-0.39, 0.29) is 17.0 Å². The molecule has 3 aromatic rings. The Hall–Kier alpha value is -3.09. The van der Waals surface area contributed by atoms with E-state index in [0.717, 1.165) is 11.3 Å².